The molecule has 3 heterocycles. The van der Waals surface area contributed by atoms with Crippen molar-refractivity contribution in [3.63, 3.8) is 0 Å². The summed E-state index contributed by atoms with van der Waals surface area (Å²) in [5, 5.41) is 6.62. The van der Waals surface area contributed by atoms with Gasteiger partial charge in [-0.25, -0.2) is 9.97 Å². The highest BCUT2D eigenvalue weighted by Gasteiger charge is 2.19. The van der Waals surface area contributed by atoms with Crippen LogP contribution in [0.15, 0.2) is 83.0 Å². The van der Waals surface area contributed by atoms with E-state index in [0.29, 0.717) is 32.9 Å². The van der Waals surface area contributed by atoms with Crippen molar-refractivity contribution in [2.45, 2.75) is 9.92 Å². The molecule has 5 aromatic rings. The molecule has 2 N–H and O–H groups in total. The lowest BCUT2D eigenvalue weighted by Crippen LogP contribution is -2.03. The molecular formula is C23H17ClN6S. The SMILES string of the molecule is Cn1ccc(-c2nc(N)c(Sc3ccccc3)nc2-c2cc(Cl)c3ncccc3c2)n1. The van der Waals surface area contributed by atoms with Crippen LogP contribution in [-0.4, -0.2) is 24.7 Å². The van der Waals surface area contributed by atoms with E-state index in [1.807, 2.05) is 73.9 Å². The molecule has 6 nitrogen and oxygen atoms in total. The van der Waals surface area contributed by atoms with Gasteiger partial charge in [-0.1, -0.05) is 47.6 Å². The van der Waals surface area contributed by atoms with Gasteiger partial charge in [0.1, 0.15) is 16.4 Å². The minimum absolute atomic E-state index is 0.354. The standard InChI is InChI=1S/C23H17ClN6S/c1-30-11-9-18(29-30)21-20(15-12-14-6-5-10-26-19(14)17(24)13-15)28-23(22(25)27-21)31-16-7-3-2-4-8-16/h2-13H,1H3,(H2,25,27). The zero-order valence-corrected chi connectivity index (χ0v) is 18.1. The fraction of sp³-hybridized carbons (Fsp3) is 0.0435. The Balaban J connectivity index is 1.72. The molecule has 0 saturated carbocycles. The van der Waals surface area contributed by atoms with Crippen LogP contribution in [0.3, 0.4) is 0 Å². The second-order valence-corrected chi connectivity index (χ2v) is 8.40. The Morgan fingerprint density at radius 1 is 0.968 bits per heavy atom. The van der Waals surface area contributed by atoms with Gasteiger partial charge in [-0.05, 0) is 36.4 Å². The molecule has 0 aliphatic carbocycles. The molecule has 0 aliphatic heterocycles. The van der Waals surface area contributed by atoms with Crippen molar-refractivity contribution in [3.05, 3.63) is 78.1 Å². The molecule has 0 bridgehead atoms. The number of benzene rings is 2. The number of halogens is 1. The van der Waals surface area contributed by atoms with E-state index in [1.165, 1.54) is 11.8 Å². The number of nitrogen functional groups attached to an aromatic ring is 1. The molecule has 0 unspecified atom stereocenters. The average Bonchev–Trinajstić information content (AvgIpc) is 3.22. The number of rotatable bonds is 4. The quantitative estimate of drug-likeness (QED) is 0.395. The van der Waals surface area contributed by atoms with Crippen LogP contribution >= 0.6 is 23.4 Å². The Hall–Kier alpha value is -3.42. The molecule has 3 aromatic heterocycles. The van der Waals surface area contributed by atoms with Crippen LogP contribution < -0.4 is 5.73 Å². The monoisotopic (exact) mass is 444 g/mol. The summed E-state index contributed by atoms with van der Waals surface area (Å²) in [6.45, 7) is 0. The van der Waals surface area contributed by atoms with Gasteiger partial charge in [0, 0.05) is 35.3 Å². The van der Waals surface area contributed by atoms with Crippen molar-refractivity contribution >= 4 is 40.1 Å². The number of pyridine rings is 1. The van der Waals surface area contributed by atoms with E-state index in [1.54, 1.807) is 10.9 Å². The lowest BCUT2D eigenvalue weighted by molar-refractivity contribution is 0.769. The van der Waals surface area contributed by atoms with Crippen LogP contribution in [0.4, 0.5) is 5.82 Å². The average molecular weight is 445 g/mol. The van der Waals surface area contributed by atoms with Crippen LogP contribution in [0, 0.1) is 0 Å². The third kappa shape index (κ3) is 3.85. The number of aromatic nitrogens is 5. The van der Waals surface area contributed by atoms with Crippen LogP contribution in [0.25, 0.3) is 33.5 Å². The lowest BCUT2D eigenvalue weighted by atomic mass is 10.0. The van der Waals surface area contributed by atoms with Gasteiger partial charge >= 0.3 is 0 Å². The van der Waals surface area contributed by atoms with Gasteiger partial charge in [-0.3, -0.25) is 9.67 Å². The highest BCUT2D eigenvalue weighted by atomic mass is 35.5. The first kappa shape index (κ1) is 19.5. The highest BCUT2D eigenvalue weighted by Crippen LogP contribution is 2.37. The number of hydrogen-bond donors (Lipinski definition) is 1. The summed E-state index contributed by atoms with van der Waals surface area (Å²) in [6, 6.07) is 19.6. The van der Waals surface area contributed by atoms with Gasteiger partial charge in [0.2, 0.25) is 0 Å². The number of hydrogen-bond acceptors (Lipinski definition) is 6. The molecule has 2 aromatic carbocycles. The van der Waals surface area contributed by atoms with E-state index < -0.39 is 0 Å². The van der Waals surface area contributed by atoms with Gasteiger partial charge in [-0.2, -0.15) is 5.10 Å². The Morgan fingerprint density at radius 2 is 1.81 bits per heavy atom. The number of fused-ring (bicyclic) bond motifs is 1. The molecule has 8 heteroatoms. The number of anilines is 1. The van der Waals surface area contributed by atoms with E-state index in [9.17, 15) is 0 Å². The molecule has 0 radical (unpaired) electrons. The summed E-state index contributed by atoms with van der Waals surface area (Å²) in [4.78, 5) is 15.0. The fourth-order valence-electron chi connectivity index (χ4n) is 3.31. The summed E-state index contributed by atoms with van der Waals surface area (Å²) in [5.41, 5.74) is 9.85. The van der Waals surface area contributed by atoms with Crippen molar-refractivity contribution in [1.82, 2.24) is 24.7 Å². The Bertz CT molecular complexity index is 1400. The molecule has 0 atom stereocenters. The molecular weight excluding hydrogens is 428 g/mol. The van der Waals surface area contributed by atoms with Crippen LogP contribution in [0.1, 0.15) is 0 Å². The third-order valence-electron chi connectivity index (χ3n) is 4.73. The first-order chi connectivity index (χ1) is 15.1. The van der Waals surface area contributed by atoms with Gasteiger partial charge in [0.15, 0.2) is 5.82 Å². The number of nitrogens with two attached hydrogens (primary N) is 1. The largest absolute Gasteiger partial charge is 0.381 e. The molecule has 0 saturated heterocycles. The normalized spacial score (nSPS) is 11.2. The summed E-state index contributed by atoms with van der Waals surface area (Å²) in [7, 11) is 1.86. The highest BCUT2D eigenvalue weighted by molar-refractivity contribution is 7.99. The fourth-order valence-corrected chi connectivity index (χ4v) is 4.39. The maximum atomic E-state index is 6.56. The topological polar surface area (TPSA) is 82.5 Å². The van der Waals surface area contributed by atoms with E-state index >= 15 is 0 Å². The summed E-state index contributed by atoms with van der Waals surface area (Å²) >= 11 is 8.03. The molecule has 0 spiro atoms. The van der Waals surface area contributed by atoms with Crippen molar-refractivity contribution in [1.29, 1.82) is 0 Å². The van der Waals surface area contributed by atoms with E-state index in [2.05, 4.69) is 10.1 Å². The molecule has 0 amide bonds. The molecule has 5 rings (SSSR count). The van der Waals surface area contributed by atoms with Crippen LogP contribution in [0.5, 0.6) is 0 Å². The summed E-state index contributed by atoms with van der Waals surface area (Å²) in [5.74, 6) is 0.354. The van der Waals surface area contributed by atoms with Gasteiger partial charge in [-0.15, -0.1) is 0 Å². The maximum absolute atomic E-state index is 6.56. The lowest BCUT2D eigenvalue weighted by Gasteiger charge is -2.12. The van der Waals surface area contributed by atoms with Crippen molar-refractivity contribution < 1.29 is 0 Å². The molecule has 0 aliphatic rings. The summed E-state index contributed by atoms with van der Waals surface area (Å²) < 4.78 is 1.72. The zero-order valence-electron chi connectivity index (χ0n) is 16.5. The minimum atomic E-state index is 0.354. The number of aryl methyl sites for hydroxylation is 1. The summed E-state index contributed by atoms with van der Waals surface area (Å²) in [6.07, 6.45) is 3.59. The first-order valence-corrected chi connectivity index (χ1v) is 10.7. The van der Waals surface area contributed by atoms with Gasteiger partial charge in [0.25, 0.3) is 0 Å². The van der Waals surface area contributed by atoms with Crippen LogP contribution in [-0.2, 0) is 7.05 Å². The molecule has 152 valence electrons. The predicted molar refractivity (Wildman–Crippen MR) is 125 cm³/mol. The van der Waals surface area contributed by atoms with E-state index in [4.69, 9.17) is 27.3 Å². The van der Waals surface area contributed by atoms with E-state index in [-0.39, 0.29) is 0 Å². The Morgan fingerprint density at radius 3 is 2.58 bits per heavy atom. The van der Waals surface area contributed by atoms with Gasteiger partial charge in [0.05, 0.1) is 16.2 Å². The molecule has 31 heavy (non-hydrogen) atoms. The van der Waals surface area contributed by atoms with E-state index in [0.717, 1.165) is 21.4 Å². The Labute approximate surface area is 188 Å². The third-order valence-corrected chi connectivity index (χ3v) is 6.02. The first-order valence-electron chi connectivity index (χ1n) is 9.53. The maximum Gasteiger partial charge on any atom is 0.157 e. The minimum Gasteiger partial charge on any atom is -0.381 e. The smallest absolute Gasteiger partial charge is 0.157 e. The second kappa shape index (κ2) is 8.02. The van der Waals surface area contributed by atoms with Crippen molar-refractivity contribution in [3.8, 4) is 22.6 Å². The van der Waals surface area contributed by atoms with Gasteiger partial charge < -0.3 is 5.73 Å². The second-order valence-electron chi connectivity index (χ2n) is 6.93. The van der Waals surface area contributed by atoms with Crippen LogP contribution in [0.2, 0.25) is 5.02 Å². The zero-order chi connectivity index (χ0) is 21.4. The Kier molecular flexibility index (Phi) is 5.05. The molecule has 0 fully saturated rings. The number of nitrogens with zero attached hydrogens (tertiary/aromatic N) is 5. The van der Waals surface area contributed by atoms with Crippen molar-refractivity contribution in [2.24, 2.45) is 7.05 Å². The van der Waals surface area contributed by atoms with Crippen molar-refractivity contribution in [2.75, 3.05) is 5.73 Å². The predicted octanol–water partition coefficient (Wildman–Crippen LogP) is 5.48.